The Hall–Kier alpha value is -1.26. The minimum atomic E-state index is -0.185. The first-order valence-corrected chi connectivity index (χ1v) is 6.54. The van der Waals surface area contributed by atoms with Gasteiger partial charge in [0.1, 0.15) is 5.69 Å². The van der Waals surface area contributed by atoms with Crippen LogP contribution in [-0.4, -0.2) is 10.5 Å². The van der Waals surface area contributed by atoms with Gasteiger partial charge in [-0.15, -0.1) is 0 Å². The molecule has 3 nitrogen and oxygen atoms in total. The highest BCUT2D eigenvalue weighted by Crippen LogP contribution is 2.25. The van der Waals surface area contributed by atoms with E-state index in [0.29, 0.717) is 16.4 Å². The number of nitrogens with one attached hydrogen (secondary N) is 1. The average molecular weight is 328 g/mol. The van der Waals surface area contributed by atoms with Crippen LogP contribution in [0.2, 0.25) is 5.02 Å². The first-order chi connectivity index (χ1) is 8.49. The molecule has 0 radical (unpaired) electrons. The number of rotatable bonds is 2. The van der Waals surface area contributed by atoms with E-state index < -0.39 is 0 Å². The van der Waals surface area contributed by atoms with Crippen molar-refractivity contribution in [2.24, 2.45) is 7.05 Å². The van der Waals surface area contributed by atoms with E-state index in [9.17, 15) is 4.79 Å². The van der Waals surface area contributed by atoms with Gasteiger partial charge in [-0.25, -0.2) is 0 Å². The quantitative estimate of drug-likeness (QED) is 0.888. The van der Waals surface area contributed by atoms with E-state index in [1.165, 1.54) is 0 Å². The zero-order valence-electron chi connectivity index (χ0n) is 10.00. The number of anilines is 1. The van der Waals surface area contributed by atoms with E-state index >= 15 is 0 Å². The second kappa shape index (κ2) is 5.16. The molecule has 94 valence electrons. The van der Waals surface area contributed by atoms with Gasteiger partial charge in [-0.1, -0.05) is 23.7 Å². The molecule has 0 aliphatic rings. The van der Waals surface area contributed by atoms with Gasteiger partial charge < -0.3 is 9.88 Å². The van der Waals surface area contributed by atoms with Crippen LogP contribution >= 0.6 is 27.5 Å². The molecule has 2 aromatic rings. The minimum Gasteiger partial charge on any atom is -0.345 e. The Labute approximate surface area is 119 Å². The molecule has 0 saturated heterocycles. The standard InChI is InChI=1S/C13H12BrClN2O/c1-8-4-3-5-10(12(8)15)16-13(18)11-6-9(14)7-17(11)2/h3-7H,1-2H3,(H,16,18). The van der Waals surface area contributed by atoms with Crippen LogP contribution in [-0.2, 0) is 7.05 Å². The molecule has 2 rings (SSSR count). The lowest BCUT2D eigenvalue weighted by molar-refractivity contribution is 0.101. The molecule has 0 aliphatic heterocycles. The number of hydrogen-bond acceptors (Lipinski definition) is 1. The summed E-state index contributed by atoms with van der Waals surface area (Å²) in [6.45, 7) is 1.90. The Morgan fingerprint density at radius 1 is 1.44 bits per heavy atom. The number of amides is 1. The number of halogens is 2. The summed E-state index contributed by atoms with van der Waals surface area (Å²) in [5.74, 6) is -0.185. The highest BCUT2D eigenvalue weighted by atomic mass is 79.9. The van der Waals surface area contributed by atoms with E-state index in [-0.39, 0.29) is 5.91 Å². The van der Waals surface area contributed by atoms with Crippen LogP contribution in [0.1, 0.15) is 16.1 Å². The van der Waals surface area contributed by atoms with Crippen molar-refractivity contribution < 1.29 is 4.79 Å². The third kappa shape index (κ3) is 2.60. The lowest BCUT2D eigenvalue weighted by Gasteiger charge is -2.09. The third-order valence-electron chi connectivity index (χ3n) is 2.64. The molecule has 0 unspecified atom stereocenters. The summed E-state index contributed by atoms with van der Waals surface area (Å²) in [6.07, 6.45) is 1.83. The zero-order valence-corrected chi connectivity index (χ0v) is 12.3. The Morgan fingerprint density at radius 2 is 2.17 bits per heavy atom. The van der Waals surface area contributed by atoms with Crippen molar-refractivity contribution in [1.29, 1.82) is 0 Å². The number of carbonyl (C=O) groups excluding carboxylic acids is 1. The normalized spacial score (nSPS) is 10.4. The smallest absolute Gasteiger partial charge is 0.272 e. The van der Waals surface area contributed by atoms with E-state index in [0.717, 1.165) is 10.0 Å². The molecule has 1 heterocycles. The maximum Gasteiger partial charge on any atom is 0.272 e. The van der Waals surface area contributed by atoms with E-state index in [2.05, 4.69) is 21.2 Å². The summed E-state index contributed by atoms with van der Waals surface area (Å²) in [5, 5.41) is 3.38. The first kappa shape index (κ1) is 13.2. The van der Waals surface area contributed by atoms with Crippen LogP contribution in [0, 0.1) is 6.92 Å². The van der Waals surface area contributed by atoms with E-state index in [1.54, 1.807) is 16.7 Å². The van der Waals surface area contributed by atoms with Gasteiger partial charge >= 0.3 is 0 Å². The molecule has 1 aromatic heterocycles. The van der Waals surface area contributed by atoms with Crippen molar-refractivity contribution in [1.82, 2.24) is 4.57 Å². The summed E-state index contributed by atoms with van der Waals surface area (Å²) in [7, 11) is 1.82. The SMILES string of the molecule is Cc1cccc(NC(=O)c2cc(Br)cn2C)c1Cl. The lowest BCUT2D eigenvalue weighted by atomic mass is 10.2. The van der Waals surface area contributed by atoms with Crippen LogP contribution < -0.4 is 5.32 Å². The highest BCUT2D eigenvalue weighted by Gasteiger charge is 2.13. The van der Waals surface area contributed by atoms with Crippen LogP contribution in [0.15, 0.2) is 34.9 Å². The van der Waals surface area contributed by atoms with Gasteiger partial charge in [0.25, 0.3) is 5.91 Å². The van der Waals surface area contributed by atoms with Gasteiger partial charge in [0, 0.05) is 17.7 Å². The summed E-state index contributed by atoms with van der Waals surface area (Å²) in [5.41, 5.74) is 2.13. The largest absolute Gasteiger partial charge is 0.345 e. The Bertz CT molecular complexity index is 607. The van der Waals surface area contributed by atoms with Gasteiger partial charge in [-0.3, -0.25) is 4.79 Å². The number of aryl methyl sites for hydroxylation is 2. The second-order valence-electron chi connectivity index (χ2n) is 4.05. The number of nitrogens with zero attached hydrogens (tertiary/aromatic N) is 1. The topological polar surface area (TPSA) is 34.0 Å². The maximum absolute atomic E-state index is 12.1. The Balaban J connectivity index is 2.27. The summed E-state index contributed by atoms with van der Waals surface area (Å²) < 4.78 is 2.62. The fraction of sp³-hybridized carbons (Fsp3) is 0.154. The van der Waals surface area contributed by atoms with Crippen LogP contribution in [0.5, 0.6) is 0 Å². The Kier molecular flexibility index (Phi) is 3.78. The molecule has 0 atom stereocenters. The number of carbonyl (C=O) groups is 1. The van der Waals surface area contributed by atoms with Crippen molar-refractivity contribution >= 4 is 39.1 Å². The van der Waals surface area contributed by atoms with Gasteiger partial charge in [0.05, 0.1) is 10.7 Å². The molecule has 0 aliphatic carbocycles. The highest BCUT2D eigenvalue weighted by molar-refractivity contribution is 9.10. The minimum absolute atomic E-state index is 0.185. The van der Waals surface area contributed by atoms with Crippen molar-refractivity contribution in [3.63, 3.8) is 0 Å². The molecule has 18 heavy (non-hydrogen) atoms. The van der Waals surface area contributed by atoms with Crippen molar-refractivity contribution in [2.75, 3.05) is 5.32 Å². The lowest BCUT2D eigenvalue weighted by Crippen LogP contribution is -2.15. The molecular weight excluding hydrogens is 316 g/mol. The Morgan fingerprint density at radius 3 is 2.78 bits per heavy atom. The predicted octanol–water partition coefficient (Wildman–Crippen LogP) is 4.00. The molecule has 1 amide bonds. The maximum atomic E-state index is 12.1. The second-order valence-corrected chi connectivity index (χ2v) is 5.34. The van der Waals surface area contributed by atoms with Crippen molar-refractivity contribution in [2.45, 2.75) is 6.92 Å². The van der Waals surface area contributed by atoms with Gasteiger partial charge in [-0.05, 0) is 40.5 Å². The molecule has 0 bridgehead atoms. The molecule has 0 saturated carbocycles. The fourth-order valence-corrected chi connectivity index (χ4v) is 2.38. The zero-order chi connectivity index (χ0) is 13.3. The molecule has 1 N–H and O–H groups in total. The van der Waals surface area contributed by atoms with Crippen molar-refractivity contribution in [3.8, 4) is 0 Å². The fourth-order valence-electron chi connectivity index (χ4n) is 1.68. The monoisotopic (exact) mass is 326 g/mol. The van der Waals surface area contributed by atoms with E-state index in [4.69, 9.17) is 11.6 Å². The first-order valence-electron chi connectivity index (χ1n) is 5.37. The number of benzene rings is 1. The van der Waals surface area contributed by atoms with E-state index in [1.807, 2.05) is 32.3 Å². The molecule has 0 spiro atoms. The van der Waals surface area contributed by atoms with Crippen LogP contribution in [0.25, 0.3) is 0 Å². The summed E-state index contributed by atoms with van der Waals surface area (Å²) in [6, 6.07) is 7.30. The summed E-state index contributed by atoms with van der Waals surface area (Å²) >= 11 is 9.47. The molecule has 0 fully saturated rings. The summed E-state index contributed by atoms with van der Waals surface area (Å²) in [4.78, 5) is 12.1. The number of aromatic nitrogens is 1. The average Bonchev–Trinajstić information content (AvgIpc) is 2.64. The van der Waals surface area contributed by atoms with Crippen molar-refractivity contribution in [3.05, 3.63) is 51.2 Å². The third-order valence-corrected chi connectivity index (χ3v) is 3.58. The van der Waals surface area contributed by atoms with Crippen LogP contribution in [0.4, 0.5) is 5.69 Å². The predicted molar refractivity (Wildman–Crippen MR) is 77.3 cm³/mol. The number of hydrogen-bond donors (Lipinski definition) is 1. The molecule has 5 heteroatoms. The molecule has 1 aromatic carbocycles. The van der Waals surface area contributed by atoms with Gasteiger partial charge in [0.2, 0.25) is 0 Å². The van der Waals surface area contributed by atoms with Crippen LogP contribution in [0.3, 0.4) is 0 Å². The van der Waals surface area contributed by atoms with Gasteiger partial charge in [0.15, 0.2) is 0 Å². The van der Waals surface area contributed by atoms with Gasteiger partial charge in [-0.2, -0.15) is 0 Å². The molecular formula is C13H12BrClN2O.